The molecule has 0 aliphatic heterocycles. The molecular weight excluding hydrogens is 482 g/mol. The van der Waals surface area contributed by atoms with Crippen molar-refractivity contribution in [3.05, 3.63) is 66.1 Å². The Hall–Kier alpha value is -3.36. The summed E-state index contributed by atoms with van der Waals surface area (Å²) in [5, 5.41) is 0. The topological polar surface area (TPSA) is 86.0 Å². The smallest absolute Gasteiger partial charge is 0.416 e. The minimum atomic E-state index is -4.48. The number of alkyl halides is 3. The highest BCUT2D eigenvalue weighted by molar-refractivity contribution is 7.52. The standard InChI is InChI=1S/C24H23F3N3O4P/c1-14(2)22-23(16-8-9-19(33-3)20(11-16)34-35(4,31)32)30-13-18(28-12-21(30)29-22)15-6-5-7-17(10-15)24(25,26)27/h5-14H,1-4H3,(H,31,32). The lowest BCUT2D eigenvalue weighted by Crippen LogP contribution is -2.04. The minimum absolute atomic E-state index is 0.0107. The van der Waals surface area contributed by atoms with Gasteiger partial charge in [-0.1, -0.05) is 26.0 Å². The number of fused-ring (bicyclic) bond motifs is 1. The van der Waals surface area contributed by atoms with Crippen LogP contribution in [0.3, 0.4) is 0 Å². The molecule has 4 aromatic rings. The van der Waals surface area contributed by atoms with Crippen molar-refractivity contribution in [1.29, 1.82) is 0 Å². The molecule has 2 aromatic carbocycles. The Labute approximate surface area is 199 Å². The van der Waals surface area contributed by atoms with Crippen LogP contribution in [-0.2, 0) is 10.7 Å². The van der Waals surface area contributed by atoms with Gasteiger partial charge >= 0.3 is 13.8 Å². The van der Waals surface area contributed by atoms with Crippen molar-refractivity contribution < 1.29 is 31.9 Å². The summed E-state index contributed by atoms with van der Waals surface area (Å²) in [6.45, 7) is 4.99. The first-order chi connectivity index (χ1) is 16.4. The molecule has 0 aliphatic rings. The molecule has 7 nitrogen and oxygen atoms in total. The van der Waals surface area contributed by atoms with Gasteiger partial charge in [-0.2, -0.15) is 13.2 Å². The van der Waals surface area contributed by atoms with Crippen molar-refractivity contribution in [2.45, 2.75) is 25.9 Å². The number of ether oxygens (including phenoxy) is 1. The zero-order valence-corrected chi connectivity index (χ0v) is 20.3. The maximum Gasteiger partial charge on any atom is 0.416 e. The molecule has 4 rings (SSSR count). The number of nitrogens with zero attached hydrogens (tertiary/aromatic N) is 3. The van der Waals surface area contributed by atoms with Gasteiger partial charge in [-0.15, -0.1) is 0 Å². The zero-order valence-electron chi connectivity index (χ0n) is 19.4. The second-order valence-electron chi connectivity index (χ2n) is 8.34. The Kier molecular flexibility index (Phi) is 6.38. The van der Waals surface area contributed by atoms with Crippen molar-refractivity contribution >= 4 is 13.2 Å². The summed E-state index contributed by atoms with van der Waals surface area (Å²) in [4.78, 5) is 18.7. The van der Waals surface area contributed by atoms with Gasteiger partial charge < -0.3 is 14.2 Å². The van der Waals surface area contributed by atoms with Gasteiger partial charge in [0.1, 0.15) is 0 Å². The summed E-state index contributed by atoms with van der Waals surface area (Å²) in [6.07, 6.45) is -1.35. The Morgan fingerprint density at radius 3 is 2.46 bits per heavy atom. The van der Waals surface area contributed by atoms with E-state index in [-0.39, 0.29) is 17.4 Å². The monoisotopic (exact) mass is 505 g/mol. The van der Waals surface area contributed by atoms with Gasteiger partial charge in [0, 0.05) is 24.0 Å². The fourth-order valence-electron chi connectivity index (χ4n) is 3.74. The van der Waals surface area contributed by atoms with E-state index in [0.29, 0.717) is 33.9 Å². The molecule has 0 saturated heterocycles. The average molecular weight is 505 g/mol. The summed E-state index contributed by atoms with van der Waals surface area (Å²) in [6, 6.07) is 9.89. The lowest BCUT2D eigenvalue weighted by molar-refractivity contribution is -0.137. The number of rotatable bonds is 6. The predicted octanol–water partition coefficient (Wildman–Crippen LogP) is 6.41. The van der Waals surface area contributed by atoms with Gasteiger partial charge in [-0.05, 0) is 36.2 Å². The van der Waals surface area contributed by atoms with Crippen LogP contribution in [0, 0.1) is 0 Å². The van der Waals surface area contributed by atoms with E-state index in [1.54, 1.807) is 34.9 Å². The Bertz CT molecular complexity index is 1440. The van der Waals surface area contributed by atoms with Crippen LogP contribution < -0.4 is 9.26 Å². The average Bonchev–Trinajstić information content (AvgIpc) is 3.16. The first-order valence-corrected chi connectivity index (χ1v) is 12.6. The first-order valence-electron chi connectivity index (χ1n) is 10.6. The minimum Gasteiger partial charge on any atom is -0.493 e. The van der Waals surface area contributed by atoms with E-state index in [1.165, 1.54) is 19.4 Å². The molecule has 11 heteroatoms. The molecule has 0 spiro atoms. The molecule has 0 fully saturated rings. The normalized spacial score (nSPS) is 13.7. The molecular formula is C24H23F3N3O4P. The van der Waals surface area contributed by atoms with E-state index in [0.717, 1.165) is 18.8 Å². The first kappa shape index (κ1) is 24.8. The van der Waals surface area contributed by atoms with Gasteiger partial charge in [0.2, 0.25) is 0 Å². The van der Waals surface area contributed by atoms with Gasteiger partial charge in [0.05, 0.1) is 36.0 Å². The SMILES string of the molecule is COc1ccc(-c2c(C(C)C)nc3cnc(-c4cccc(C(F)(F)F)c4)cn23)cc1OP(C)(=O)O. The second-order valence-corrected chi connectivity index (χ2v) is 10.1. The maximum atomic E-state index is 13.2. The van der Waals surface area contributed by atoms with E-state index in [2.05, 4.69) is 9.97 Å². The van der Waals surface area contributed by atoms with Crippen LogP contribution >= 0.6 is 7.60 Å². The van der Waals surface area contributed by atoms with Crippen molar-refractivity contribution in [2.24, 2.45) is 0 Å². The van der Waals surface area contributed by atoms with Crippen molar-refractivity contribution in [1.82, 2.24) is 14.4 Å². The predicted molar refractivity (Wildman–Crippen MR) is 126 cm³/mol. The summed E-state index contributed by atoms with van der Waals surface area (Å²) in [5.41, 5.74) is 2.35. The van der Waals surface area contributed by atoms with E-state index < -0.39 is 19.3 Å². The third kappa shape index (κ3) is 5.18. The number of hydrogen-bond acceptors (Lipinski definition) is 5. The van der Waals surface area contributed by atoms with Crippen LogP contribution in [0.2, 0.25) is 0 Å². The molecule has 2 aromatic heterocycles. The van der Waals surface area contributed by atoms with Crippen molar-refractivity contribution in [3.63, 3.8) is 0 Å². The lowest BCUT2D eigenvalue weighted by Gasteiger charge is -2.15. The number of benzene rings is 2. The number of hydrogen-bond donors (Lipinski definition) is 1. The molecule has 184 valence electrons. The van der Waals surface area contributed by atoms with Gasteiger partial charge in [0.25, 0.3) is 0 Å². The fraction of sp³-hybridized carbons (Fsp3) is 0.250. The highest BCUT2D eigenvalue weighted by atomic mass is 31.2. The highest BCUT2D eigenvalue weighted by Gasteiger charge is 2.30. The Morgan fingerprint density at radius 1 is 1.09 bits per heavy atom. The van der Waals surface area contributed by atoms with Gasteiger partial charge in [-0.3, -0.25) is 9.38 Å². The molecule has 2 heterocycles. The molecule has 1 N–H and O–H groups in total. The Morgan fingerprint density at radius 2 is 1.83 bits per heavy atom. The maximum absolute atomic E-state index is 13.2. The molecule has 1 unspecified atom stereocenters. The van der Waals surface area contributed by atoms with E-state index in [4.69, 9.17) is 9.26 Å². The quantitative estimate of drug-likeness (QED) is 0.305. The highest BCUT2D eigenvalue weighted by Crippen LogP contribution is 2.44. The third-order valence-corrected chi connectivity index (χ3v) is 5.81. The third-order valence-electron chi connectivity index (χ3n) is 5.27. The summed E-state index contributed by atoms with van der Waals surface area (Å²) in [5.74, 6) is 0.342. The largest absolute Gasteiger partial charge is 0.493 e. The van der Waals surface area contributed by atoms with Gasteiger partial charge in [0.15, 0.2) is 17.1 Å². The van der Waals surface area contributed by atoms with Crippen LogP contribution in [-0.4, -0.2) is 33.0 Å². The van der Waals surface area contributed by atoms with Crippen molar-refractivity contribution in [3.8, 4) is 34.0 Å². The molecule has 0 bridgehead atoms. The number of halogens is 3. The summed E-state index contributed by atoms with van der Waals surface area (Å²) < 4.78 is 63.9. The van der Waals surface area contributed by atoms with Gasteiger partial charge in [-0.25, -0.2) is 9.55 Å². The van der Waals surface area contributed by atoms with E-state index in [9.17, 15) is 22.6 Å². The van der Waals surface area contributed by atoms with Crippen LogP contribution in [0.4, 0.5) is 13.2 Å². The molecule has 0 aliphatic carbocycles. The van der Waals surface area contributed by atoms with E-state index in [1.807, 2.05) is 13.8 Å². The second kappa shape index (κ2) is 9.02. The van der Waals surface area contributed by atoms with Crippen LogP contribution in [0.25, 0.3) is 28.2 Å². The summed E-state index contributed by atoms with van der Waals surface area (Å²) in [7, 11) is -2.46. The van der Waals surface area contributed by atoms with Crippen molar-refractivity contribution in [2.75, 3.05) is 13.8 Å². The fourth-order valence-corrected chi connectivity index (χ4v) is 4.25. The molecule has 0 saturated carbocycles. The number of methoxy groups -OCH3 is 1. The number of aromatic nitrogens is 3. The summed E-state index contributed by atoms with van der Waals surface area (Å²) >= 11 is 0. The molecule has 1 atom stereocenters. The van der Waals surface area contributed by atoms with Crippen LogP contribution in [0.15, 0.2) is 54.9 Å². The molecule has 0 amide bonds. The van der Waals surface area contributed by atoms with Crippen LogP contribution in [0.5, 0.6) is 11.5 Å². The Balaban J connectivity index is 1.92. The van der Waals surface area contributed by atoms with E-state index >= 15 is 0 Å². The number of imidazole rings is 1. The lowest BCUT2D eigenvalue weighted by atomic mass is 10.0. The van der Waals surface area contributed by atoms with Crippen LogP contribution in [0.1, 0.15) is 31.0 Å². The molecule has 0 radical (unpaired) electrons. The molecule has 35 heavy (non-hydrogen) atoms. The zero-order chi connectivity index (χ0) is 25.5.